The number of oxazole rings is 1. The fourth-order valence-electron chi connectivity index (χ4n) is 1.57. The average Bonchev–Trinajstić information content (AvgIpc) is 2.69. The van der Waals surface area contributed by atoms with E-state index in [-0.39, 0.29) is 11.6 Å². The summed E-state index contributed by atoms with van der Waals surface area (Å²) in [6.45, 7) is 2.05. The van der Waals surface area contributed by atoms with E-state index in [1.807, 2.05) is 6.07 Å². The Morgan fingerprint density at radius 1 is 1.29 bits per heavy atom. The summed E-state index contributed by atoms with van der Waals surface area (Å²) in [5, 5.41) is 8.70. The van der Waals surface area contributed by atoms with Crippen molar-refractivity contribution in [1.82, 2.24) is 4.98 Å². The second kappa shape index (κ2) is 4.71. The standard InChI is InChI=1S/C13H13N3O/c1-9-2-4-10(5-3-9)6-7-12-16-11(8-14)13(15)17-12/h2-5H,6-7,15H2,1H3. The molecular formula is C13H13N3O. The highest BCUT2D eigenvalue weighted by molar-refractivity contribution is 5.40. The number of rotatable bonds is 3. The van der Waals surface area contributed by atoms with Gasteiger partial charge in [0.1, 0.15) is 6.07 Å². The highest BCUT2D eigenvalue weighted by Crippen LogP contribution is 2.14. The van der Waals surface area contributed by atoms with Crippen molar-refractivity contribution in [3.8, 4) is 6.07 Å². The lowest BCUT2D eigenvalue weighted by Gasteiger charge is -1.99. The van der Waals surface area contributed by atoms with Gasteiger partial charge in [-0.05, 0) is 18.9 Å². The Bertz CT molecular complexity index is 549. The van der Waals surface area contributed by atoms with Gasteiger partial charge in [0.15, 0.2) is 5.89 Å². The highest BCUT2D eigenvalue weighted by Gasteiger charge is 2.09. The van der Waals surface area contributed by atoms with Gasteiger partial charge in [-0.25, -0.2) is 4.98 Å². The fourth-order valence-corrected chi connectivity index (χ4v) is 1.57. The molecule has 0 aliphatic heterocycles. The van der Waals surface area contributed by atoms with E-state index in [1.54, 1.807) is 0 Å². The molecule has 0 unspecified atom stereocenters. The highest BCUT2D eigenvalue weighted by atomic mass is 16.4. The molecule has 2 aromatic rings. The van der Waals surface area contributed by atoms with Gasteiger partial charge in [0, 0.05) is 6.42 Å². The van der Waals surface area contributed by atoms with Gasteiger partial charge in [-0.3, -0.25) is 0 Å². The first-order valence-electron chi connectivity index (χ1n) is 5.40. The average molecular weight is 227 g/mol. The monoisotopic (exact) mass is 227 g/mol. The number of aryl methyl sites for hydroxylation is 3. The normalized spacial score (nSPS) is 10.1. The minimum absolute atomic E-state index is 0.103. The fraction of sp³-hybridized carbons (Fsp3) is 0.231. The number of anilines is 1. The van der Waals surface area contributed by atoms with Gasteiger partial charge in [-0.15, -0.1) is 0 Å². The Labute approximate surface area is 99.7 Å². The summed E-state index contributed by atoms with van der Waals surface area (Å²) in [4.78, 5) is 4.01. The van der Waals surface area contributed by atoms with Crippen molar-refractivity contribution < 1.29 is 4.42 Å². The van der Waals surface area contributed by atoms with Gasteiger partial charge in [-0.2, -0.15) is 5.26 Å². The molecule has 1 aromatic carbocycles. The van der Waals surface area contributed by atoms with Gasteiger partial charge in [0.2, 0.25) is 11.6 Å². The number of benzene rings is 1. The van der Waals surface area contributed by atoms with Gasteiger partial charge < -0.3 is 10.2 Å². The minimum atomic E-state index is 0.103. The predicted molar refractivity (Wildman–Crippen MR) is 64.2 cm³/mol. The molecular weight excluding hydrogens is 214 g/mol. The van der Waals surface area contributed by atoms with Crippen molar-refractivity contribution >= 4 is 5.88 Å². The maximum Gasteiger partial charge on any atom is 0.229 e. The lowest BCUT2D eigenvalue weighted by Crippen LogP contribution is -1.91. The number of nitriles is 1. The van der Waals surface area contributed by atoms with Crippen molar-refractivity contribution in [1.29, 1.82) is 5.26 Å². The number of hydrogen-bond donors (Lipinski definition) is 1. The Kier molecular flexibility index (Phi) is 3.10. The molecule has 0 spiro atoms. The molecule has 86 valence electrons. The molecule has 2 rings (SSSR count). The van der Waals surface area contributed by atoms with E-state index in [9.17, 15) is 0 Å². The molecule has 0 aliphatic rings. The molecule has 0 radical (unpaired) electrons. The van der Waals surface area contributed by atoms with Crippen LogP contribution in [0.1, 0.15) is 22.7 Å². The Morgan fingerprint density at radius 3 is 2.59 bits per heavy atom. The molecule has 1 heterocycles. The molecule has 0 aliphatic carbocycles. The molecule has 0 amide bonds. The maximum absolute atomic E-state index is 8.70. The number of hydrogen-bond acceptors (Lipinski definition) is 4. The third-order valence-electron chi connectivity index (χ3n) is 2.55. The molecule has 0 saturated heterocycles. The zero-order valence-corrected chi connectivity index (χ0v) is 9.60. The Balaban J connectivity index is 2.02. The molecule has 17 heavy (non-hydrogen) atoms. The lowest BCUT2D eigenvalue weighted by molar-refractivity contribution is 0.509. The van der Waals surface area contributed by atoms with E-state index in [1.165, 1.54) is 11.1 Å². The summed E-state index contributed by atoms with van der Waals surface area (Å²) in [7, 11) is 0. The predicted octanol–water partition coefficient (Wildman–Crippen LogP) is 2.22. The summed E-state index contributed by atoms with van der Waals surface area (Å²) >= 11 is 0. The van der Waals surface area contributed by atoms with Crippen LogP contribution in [0.5, 0.6) is 0 Å². The molecule has 0 saturated carbocycles. The zero-order chi connectivity index (χ0) is 12.3. The molecule has 4 nitrogen and oxygen atoms in total. The first-order valence-corrected chi connectivity index (χ1v) is 5.40. The SMILES string of the molecule is Cc1ccc(CCc2nc(C#N)c(N)o2)cc1. The second-order valence-corrected chi connectivity index (χ2v) is 3.92. The summed E-state index contributed by atoms with van der Waals surface area (Å²) in [6.07, 6.45) is 1.47. The summed E-state index contributed by atoms with van der Waals surface area (Å²) in [5.74, 6) is 0.617. The van der Waals surface area contributed by atoms with Crippen LogP contribution in [0.2, 0.25) is 0 Å². The number of nitrogens with zero attached hydrogens (tertiary/aromatic N) is 2. The van der Waals surface area contributed by atoms with Crippen molar-refractivity contribution in [2.75, 3.05) is 5.73 Å². The third-order valence-corrected chi connectivity index (χ3v) is 2.55. The Morgan fingerprint density at radius 2 is 2.00 bits per heavy atom. The van der Waals surface area contributed by atoms with Crippen LogP contribution in [0.15, 0.2) is 28.7 Å². The molecule has 0 bridgehead atoms. The van der Waals surface area contributed by atoms with Crippen LogP contribution >= 0.6 is 0 Å². The van der Waals surface area contributed by atoms with E-state index >= 15 is 0 Å². The van der Waals surface area contributed by atoms with Gasteiger partial charge in [-0.1, -0.05) is 29.8 Å². The molecule has 0 atom stereocenters. The van der Waals surface area contributed by atoms with Crippen LogP contribution in [0, 0.1) is 18.3 Å². The number of nitrogen functional groups attached to an aromatic ring is 1. The maximum atomic E-state index is 8.70. The van der Waals surface area contributed by atoms with Crippen LogP contribution in [0.25, 0.3) is 0 Å². The Hall–Kier alpha value is -2.28. The van der Waals surface area contributed by atoms with Crippen molar-refractivity contribution in [2.24, 2.45) is 0 Å². The quantitative estimate of drug-likeness (QED) is 0.872. The van der Waals surface area contributed by atoms with Crippen LogP contribution < -0.4 is 5.73 Å². The van der Waals surface area contributed by atoms with Crippen LogP contribution in [-0.2, 0) is 12.8 Å². The second-order valence-electron chi connectivity index (χ2n) is 3.92. The number of aromatic nitrogens is 1. The van der Waals surface area contributed by atoms with Gasteiger partial charge in [0.05, 0.1) is 0 Å². The minimum Gasteiger partial charge on any atom is -0.424 e. The van der Waals surface area contributed by atoms with Gasteiger partial charge in [0.25, 0.3) is 0 Å². The van der Waals surface area contributed by atoms with E-state index in [4.69, 9.17) is 15.4 Å². The first-order chi connectivity index (χ1) is 8.19. The largest absolute Gasteiger partial charge is 0.424 e. The molecule has 4 heteroatoms. The number of nitrogens with two attached hydrogens (primary N) is 1. The van der Waals surface area contributed by atoms with Crippen LogP contribution in [-0.4, -0.2) is 4.98 Å². The zero-order valence-electron chi connectivity index (χ0n) is 9.60. The molecule has 2 N–H and O–H groups in total. The smallest absolute Gasteiger partial charge is 0.229 e. The summed E-state index contributed by atoms with van der Waals surface area (Å²) in [5.41, 5.74) is 8.11. The topological polar surface area (TPSA) is 75.8 Å². The lowest BCUT2D eigenvalue weighted by atomic mass is 10.1. The van der Waals surface area contributed by atoms with Gasteiger partial charge >= 0.3 is 0 Å². The van der Waals surface area contributed by atoms with Crippen molar-refractivity contribution in [2.45, 2.75) is 19.8 Å². The molecule has 0 fully saturated rings. The van der Waals surface area contributed by atoms with Crippen LogP contribution in [0.4, 0.5) is 5.88 Å². The van der Waals surface area contributed by atoms with Crippen LogP contribution in [0.3, 0.4) is 0 Å². The van der Waals surface area contributed by atoms with E-state index in [2.05, 4.69) is 36.2 Å². The third kappa shape index (κ3) is 2.64. The van der Waals surface area contributed by atoms with E-state index in [0.29, 0.717) is 12.3 Å². The molecule has 1 aromatic heterocycles. The van der Waals surface area contributed by atoms with Crippen molar-refractivity contribution in [3.05, 3.63) is 47.0 Å². The first kappa shape index (κ1) is 11.2. The summed E-state index contributed by atoms with van der Waals surface area (Å²) in [6, 6.07) is 10.2. The van der Waals surface area contributed by atoms with Crippen molar-refractivity contribution in [3.63, 3.8) is 0 Å². The van der Waals surface area contributed by atoms with E-state index < -0.39 is 0 Å². The van der Waals surface area contributed by atoms with E-state index in [0.717, 1.165) is 6.42 Å². The summed E-state index contributed by atoms with van der Waals surface area (Å²) < 4.78 is 5.20.